The van der Waals surface area contributed by atoms with Gasteiger partial charge in [0.05, 0.1) is 11.6 Å². The Morgan fingerprint density at radius 3 is 2.76 bits per heavy atom. The van der Waals surface area contributed by atoms with Crippen molar-refractivity contribution in [1.29, 1.82) is 0 Å². The number of hydrogen-bond donors (Lipinski definition) is 2. The number of carboxylic acid groups (broad SMARTS) is 1. The topological polar surface area (TPSA) is 75.6 Å². The minimum absolute atomic E-state index is 0.0312. The van der Waals surface area contributed by atoms with Crippen molar-refractivity contribution in [3.8, 4) is 0 Å². The lowest BCUT2D eigenvalue weighted by Crippen LogP contribution is -2.55. The molecule has 0 aliphatic carbocycles. The summed E-state index contributed by atoms with van der Waals surface area (Å²) < 4.78 is 6.01. The van der Waals surface area contributed by atoms with E-state index in [0.29, 0.717) is 16.5 Å². The number of nitrogens with one attached hydrogen (secondary N) is 1. The number of thiophene rings is 1. The highest BCUT2D eigenvalue weighted by molar-refractivity contribution is 7.21. The molecule has 7 heteroatoms. The number of halogens is 1. The molecule has 1 atom stereocenters. The zero-order valence-corrected chi connectivity index (χ0v) is 12.5. The number of carboxylic acids is 1. The number of hydrogen-bond acceptors (Lipinski definition) is 4. The molecule has 1 aromatic carbocycles. The molecule has 1 fully saturated rings. The molecule has 1 saturated heterocycles. The number of carbonyl (C=O) groups excluding carboxylic acids is 1. The Balaban J connectivity index is 1.94. The lowest BCUT2D eigenvalue weighted by Gasteiger charge is -2.23. The molecule has 1 aliphatic heterocycles. The molecule has 2 aromatic rings. The summed E-state index contributed by atoms with van der Waals surface area (Å²) in [5.74, 6) is -1.57. The van der Waals surface area contributed by atoms with Gasteiger partial charge in [0.1, 0.15) is 4.88 Å². The van der Waals surface area contributed by atoms with Gasteiger partial charge in [-0.1, -0.05) is 29.8 Å². The first kappa shape index (κ1) is 14.3. The minimum Gasteiger partial charge on any atom is -0.479 e. The SMILES string of the molecule is O=C(NC1(C(=O)O)CCOC1)c1sc2ccccc2c1Cl. The first-order valence-corrected chi connectivity index (χ1v) is 7.54. The molecule has 5 nitrogen and oxygen atoms in total. The normalized spacial score (nSPS) is 21.6. The summed E-state index contributed by atoms with van der Waals surface area (Å²) in [6.07, 6.45) is 0.247. The zero-order chi connectivity index (χ0) is 15.0. The fourth-order valence-corrected chi connectivity index (χ4v) is 3.73. The van der Waals surface area contributed by atoms with Crippen molar-refractivity contribution in [2.45, 2.75) is 12.0 Å². The molecule has 0 radical (unpaired) electrons. The van der Waals surface area contributed by atoms with Gasteiger partial charge in [-0.3, -0.25) is 4.79 Å². The molecule has 0 spiro atoms. The van der Waals surface area contributed by atoms with Crippen molar-refractivity contribution in [3.05, 3.63) is 34.2 Å². The minimum atomic E-state index is -1.36. The second kappa shape index (κ2) is 5.29. The maximum atomic E-state index is 12.4. The van der Waals surface area contributed by atoms with Gasteiger partial charge in [-0.2, -0.15) is 0 Å². The van der Waals surface area contributed by atoms with E-state index in [9.17, 15) is 14.7 Å². The van der Waals surface area contributed by atoms with Crippen LogP contribution in [0.1, 0.15) is 16.1 Å². The van der Waals surface area contributed by atoms with E-state index >= 15 is 0 Å². The molecule has 1 aromatic heterocycles. The van der Waals surface area contributed by atoms with Crippen molar-refractivity contribution in [2.75, 3.05) is 13.2 Å². The number of carbonyl (C=O) groups is 2. The van der Waals surface area contributed by atoms with E-state index in [0.717, 1.165) is 10.1 Å². The van der Waals surface area contributed by atoms with Crippen LogP contribution in [0.15, 0.2) is 24.3 Å². The molecule has 3 rings (SSSR count). The summed E-state index contributed by atoms with van der Waals surface area (Å²) >= 11 is 7.48. The van der Waals surface area contributed by atoms with Crippen molar-refractivity contribution in [1.82, 2.24) is 5.32 Å². The Kier molecular flexibility index (Phi) is 3.61. The Morgan fingerprint density at radius 1 is 1.38 bits per heavy atom. The van der Waals surface area contributed by atoms with Crippen LogP contribution in [0.2, 0.25) is 5.02 Å². The number of amides is 1. The van der Waals surface area contributed by atoms with Crippen LogP contribution < -0.4 is 5.32 Å². The van der Waals surface area contributed by atoms with Crippen molar-refractivity contribution in [2.24, 2.45) is 0 Å². The fourth-order valence-electron chi connectivity index (χ4n) is 2.32. The molecule has 0 bridgehead atoms. The van der Waals surface area contributed by atoms with Gasteiger partial charge in [-0.25, -0.2) is 4.79 Å². The average Bonchev–Trinajstić information content (AvgIpc) is 3.05. The van der Waals surface area contributed by atoms with Crippen LogP contribution in [0, 0.1) is 0 Å². The smallest absolute Gasteiger partial charge is 0.331 e. The van der Waals surface area contributed by atoms with Gasteiger partial charge in [-0.15, -0.1) is 11.3 Å². The molecule has 1 unspecified atom stereocenters. The lowest BCUT2D eigenvalue weighted by molar-refractivity contribution is -0.144. The maximum Gasteiger partial charge on any atom is 0.331 e. The van der Waals surface area contributed by atoms with E-state index in [1.807, 2.05) is 24.3 Å². The third kappa shape index (κ3) is 2.39. The number of ether oxygens (including phenoxy) is 1. The number of rotatable bonds is 3. The van der Waals surface area contributed by atoms with Gasteiger partial charge < -0.3 is 15.2 Å². The van der Waals surface area contributed by atoms with Crippen LogP contribution >= 0.6 is 22.9 Å². The monoisotopic (exact) mass is 325 g/mol. The van der Waals surface area contributed by atoms with E-state index in [2.05, 4.69) is 5.32 Å². The summed E-state index contributed by atoms with van der Waals surface area (Å²) in [6, 6.07) is 7.40. The van der Waals surface area contributed by atoms with Crippen LogP contribution in [0.3, 0.4) is 0 Å². The van der Waals surface area contributed by atoms with Crippen molar-refractivity contribution >= 4 is 44.9 Å². The first-order valence-electron chi connectivity index (χ1n) is 6.34. The highest BCUT2D eigenvalue weighted by Gasteiger charge is 2.44. The predicted molar refractivity (Wildman–Crippen MR) is 80.1 cm³/mol. The molecule has 1 aliphatic rings. The highest BCUT2D eigenvalue weighted by Crippen LogP contribution is 2.35. The average molecular weight is 326 g/mol. The molecule has 1 amide bonds. The first-order chi connectivity index (χ1) is 10.0. The number of fused-ring (bicyclic) bond motifs is 1. The number of benzene rings is 1. The third-order valence-corrected chi connectivity index (χ3v) is 5.20. The van der Waals surface area contributed by atoms with Crippen LogP contribution in [0.4, 0.5) is 0 Å². The van der Waals surface area contributed by atoms with Crippen LogP contribution in [0.5, 0.6) is 0 Å². The fraction of sp³-hybridized carbons (Fsp3) is 0.286. The Labute approximate surface area is 129 Å². The van der Waals surface area contributed by atoms with Gasteiger partial charge in [0.2, 0.25) is 0 Å². The highest BCUT2D eigenvalue weighted by atomic mass is 35.5. The van der Waals surface area contributed by atoms with E-state index in [1.54, 1.807) is 0 Å². The van der Waals surface area contributed by atoms with Crippen molar-refractivity contribution < 1.29 is 19.4 Å². The molecular formula is C14H12ClNO4S. The van der Waals surface area contributed by atoms with Crippen LogP contribution in [-0.4, -0.2) is 35.7 Å². The lowest BCUT2D eigenvalue weighted by atomic mass is 9.99. The third-order valence-electron chi connectivity index (χ3n) is 3.52. The summed E-state index contributed by atoms with van der Waals surface area (Å²) in [6.45, 7) is 0.281. The van der Waals surface area contributed by atoms with E-state index < -0.39 is 17.4 Å². The molecule has 2 N–H and O–H groups in total. The summed E-state index contributed by atoms with van der Waals surface area (Å²) in [7, 11) is 0. The Hall–Kier alpha value is -1.63. The van der Waals surface area contributed by atoms with Gasteiger partial charge in [0, 0.05) is 23.1 Å². The molecular weight excluding hydrogens is 314 g/mol. The van der Waals surface area contributed by atoms with Crippen LogP contribution in [-0.2, 0) is 9.53 Å². The molecule has 2 heterocycles. The van der Waals surface area contributed by atoms with Gasteiger partial charge >= 0.3 is 5.97 Å². The van der Waals surface area contributed by atoms with Crippen molar-refractivity contribution in [3.63, 3.8) is 0 Å². The van der Waals surface area contributed by atoms with Gasteiger partial charge in [-0.05, 0) is 6.07 Å². The van der Waals surface area contributed by atoms with Gasteiger partial charge in [0.25, 0.3) is 5.91 Å². The van der Waals surface area contributed by atoms with E-state index in [1.165, 1.54) is 11.3 Å². The van der Waals surface area contributed by atoms with E-state index in [4.69, 9.17) is 16.3 Å². The summed E-state index contributed by atoms with van der Waals surface area (Å²) in [4.78, 5) is 24.1. The quantitative estimate of drug-likeness (QED) is 0.909. The van der Waals surface area contributed by atoms with Crippen LogP contribution in [0.25, 0.3) is 10.1 Å². The summed E-state index contributed by atoms with van der Waals surface area (Å²) in [5.41, 5.74) is -1.36. The zero-order valence-electron chi connectivity index (χ0n) is 10.9. The van der Waals surface area contributed by atoms with Gasteiger partial charge in [0.15, 0.2) is 5.54 Å². The second-order valence-electron chi connectivity index (χ2n) is 4.89. The summed E-state index contributed by atoms with van der Waals surface area (Å²) in [5, 5.41) is 13.1. The molecule has 110 valence electrons. The Bertz CT molecular complexity index is 721. The molecule has 21 heavy (non-hydrogen) atoms. The Morgan fingerprint density at radius 2 is 2.14 bits per heavy atom. The van der Waals surface area contributed by atoms with E-state index in [-0.39, 0.29) is 13.0 Å². The number of aliphatic carboxylic acids is 1. The largest absolute Gasteiger partial charge is 0.479 e. The second-order valence-corrected chi connectivity index (χ2v) is 6.32. The molecule has 0 saturated carbocycles. The standard InChI is InChI=1S/C14H12ClNO4S/c15-10-8-3-1-2-4-9(8)21-11(10)12(17)16-14(13(18)19)5-6-20-7-14/h1-4H,5-7H2,(H,16,17)(H,18,19). The maximum absolute atomic E-state index is 12.4. The predicted octanol–water partition coefficient (Wildman–Crippen LogP) is 2.53.